The molecular formula is C45H61FN6O11. The standard InChI is InChI=1S/C45H61FN6O11/c1-6-45(58)30-21-35-40-28(23-52(35)43(56)29(30)24-63-44(45)57)38-32(11-10-27-26(4)31(46)22-34(48-40)37(27)38)49-41(54)33(9-7-8-13-47)50-42(55)39(25(2)3)51-36(53)12-14-60-17-18-62-20-19-61-16-15-59-5/h21-22,25,32-33,39,58H,6-20,23-24,47H2,1-5H3,(H,49,54)(H,50,55)(H,51,53)/t32-,33-,39-,45-/m0/s1. The molecule has 0 saturated heterocycles. The van der Waals surface area contributed by atoms with Crippen LogP contribution in [-0.4, -0.2) is 110 Å². The highest BCUT2D eigenvalue weighted by Crippen LogP contribution is 2.46. The van der Waals surface area contributed by atoms with Gasteiger partial charge in [0.25, 0.3) is 5.56 Å². The van der Waals surface area contributed by atoms with E-state index in [0.29, 0.717) is 104 Å². The molecule has 63 heavy (non-hydrogen) atoms. The zero-order chi connectivity index (χ0) is 45.4. The number of unbranched alkanes of at least 4 members (excludes halogenated alkanes) is 1. The number of cyclic esters (lactones) is 1. The molecule has 0 fully saturated rings. The third kappa shape index (κ3) is 10.3. The van der Waals surface area contributed by atoms with Crippen LogP contribution in [0.2, 0.25) is 0 Å². The number of benzene rings is 1. The number of nitrogens with one attached hydrogen (secondary N) is 3. The molecule has 4 heterocycles. The number of rotatable bonds is 23. The van der Waals surface area contributed by atoms with Crippen molar-refractivity contribution in [2.75, 3.05) is 59.9 Å². The van der Waals surface area contributed by atoms with Crippen molar-refractivity contribution in [3.8, 4) is 11.4 Å². The van der Waals surface area contributed by atoms with Gasteiger partial charge in [0.2, 0.25) is 17.7 Å². The monoisotopic (exact) mass is 880 g/mol. The molecule has 3 aliphatic rings. The Morgan fingerprint density at radius 2 is 1.70 bits per heavy atom. The second kappa shape index (κ2) is 21.2. The summed E-state index contributed by atoms with van der Waals surface area (Å²) < 4.78 is 43.5. The van der Waals surface area contributed by atoms with Gasteiger partial charge in [-0.05, 0) is 80.7 Å². The van der Waals surface area contributed by atoms with Crippen LogP contribution in [0.1, 0.15) is 98.7 Å². The lowest BCUT2D eigenvalue weighted by molar-refractivity contribution is -0.172. The van der Waals surface area contributed by atoms with Gasteiger partial charge in [0, 0.05) is 36.1 Å². The van der Waals surface area contributed by atoms with E-state index in [9.17, 15) is 29.1 Å². The first-order valence-electron chi connectivity index (χ1n) is 21.9. The summed E-state index contributed by atoms with van der Waals surface area (Å²) in [5, 5.41) is 21.0. The van der Waals surface area contributed by atoms with E-state index in [2.05, 4.69) is 16.0 Å². The highest BCUT2D eigenvalue weighted by molar-refractivity contribution is 5.95. The Morgan fingerprint density at radius 1 is 1.00 bits per heavy atom. The second-order valence-electron chi connectivity index (χ2n) is 16.6. The van der Waals surface area contributed by atoms with Gasteiger partial charge in [-0.3, -0.25) is 19.2 Å². The van der Waals surface area contributed by atoms with Crippen LogP contribution in [0.5, 0.6) is 0 Å². The average Bonchev–Trinajstić information content (AvgIpc) is 3.63. The zero-order valence-electron chi connectivity index (χ0n) is 36.9. The number of fused-ring (bicyclic) bond motifs is 5. The highest BCUT2D eigenvalue weighted by Gasteiger charge is 2.46. The number of aryl methyl sites for hydroxylation is 1. The van der Waals surface area contributed by atoms with E-state index in [0.717, 1.165) is 5.56 Å². The van der Waals surface area contributed by atoms with Gasteiger partial charge in [-0.25, -0.2) is 14.2 Å². The number of nitrogens with two attached hydrogens (primary N) is 1. The SMILES string of the molecule is CC[C@@]1(O)C(=O)OCc2c1cc1n(c2=O)Cc2c-1nc1cc(F)c(C)c3c1c2[C@@H](NC(=O)[C@H](CCCCN)NC(=O)[C@@H](NC(=O)CCOCCOCCOCCOC)C(C)C)CC3. The summed E-state index contributed by atoms with van der Waals surface area (Å²) in [4.78, 5) is 73.1. The maximum absolute atomic E-state index is 15.5. The molecular weight excluding hydrogens is 820 g/mol. The fourth-order valence-electron chi connectivity index (χ4n) is 8.62. The van der Waals surface area contributed by atoms with Crippen molar-refractivity contribution in [1.29, 1.82) is 0 Å². The van der Waals surface area contributed by atoms with Crippen LogP contribution in [0.4, 0.5) is 4.39 Å². The maximum Gasteiger partial charge on any atom is 0.343 e. The Labute approximate surface area is 365 Å². The van der Waals surface area contributed by atoms with Crippen LogP contribution in [0.25, 0.3) is 22.3 Å². The lowest BCUT2D eigenvalue weighted by Gasteiger charge is -2.32. The van der Waals surface area contributed by atoms with Gasteiger partial charge in [0.05, 0.1) is 81.3 Å². The first-order chi connectivity index (χ1) is 30.2. The average molecular weight is 881 g/mol. The normalized spacial score (nSPS) is 18.4. The third-order valence-corrected chi connectivity index (χ3v) is 12.2. The van der Waals surface area contributed by atoms with E-state index in [1.165, 1.54) is 10.6 Å². The Kier molecular flexibility index (Phi) is 16.0. The summed E-state index contributed by atoms with van der Waals surface area (Å²) >= 11 is 0. The number of esters is 1. The minimum atomic E-state index is -2.03. The van der Waals surface area contributed by atoms with Crippen molar-refractivity contribution in [3.63, 3.8) is 0 Å². The number of aromatic nitrogens is 2. The van der Waals surface area contributed by atoms with Gasteiger partial charge < -0.3 is 55.0 Å². The van der Waals surface area contributed by atoms with Gasteiger partial charge >= 0.3 is 5.97 Å². The second-order valence-corrected chi connectivity index (χ2v) is 16.6. The molecule has 3 amide bonds. The molecule has 6 N–H and O–H groups in total. The number of carbonyl (C=O) groups is 4. The predicted molar refractivity (Wildman–Crippen MR) is 229 cm³/mol. The first-order valence-corrected chi connectivity index (χ1v) is 21.9. The minimum absolute atomic E-state index is 0.0122. The molecule has 3 aromatic rings. The van der Waals surface area contributed by atoms with Crippen LogP contribution in [0.15, 0.2) is 16.9 Å². The lowest BCUT2D eigenvalue weighted by atomic mass is 9.81. The Hall–Kier alpha value is -4.85. The van der Waals surface area contributed by atoms with Crippen LogP contribution >= 0.6 is 0 Å². The molecule has 17 nitrogen and oxygen atoms in total. The number of pyridine rings is 2. The number of aliphatic hydroxyl groups is 1. The molecule has 4 atom stereocenters. The quantitative estimate of drug-likeness (QED) is 0.0533. The molecule has 0 radical (unpaired) electrons. The largest absolute Gasteiger partial charge is 0.458 e. The van der Waals surface area contributed by atoms with Crippen molar-refractivity contribution in [1.82, 2.24) is 25.5 Å². The van der Waals surface area contributed by atoms with E-state index in [4.69, 9.17) is 34.4 Å². The molecule has 2 aliphatic heterocycles. The first kappa shape index (κ1) is 47.6. The van der Waals surface area contributed by atoms with E-state index < -0.39 is 52.9 Å². The number of ether oxygens (including phenoxy) is 5. The molecule has 0 unspecified atom stereocenters. The van der Waals surface area contributed by atoms with Crippen LogP contribution in [-0.2, 0) is 68.0 Å². The van der Waals surface area contributed by atoms with Crippen molar-refractivity contribution >= 4 is 34.6 Å². The third-order valence-electron chi connectivity index (χ3n) is 12.2. The van der Waals surface area contributed by atoms with Crippen molar-refractivity contribution in [3.05, 3.63) is 61.7 Å². The van der Waals surface area contributed by atoms with Crippen molar-refractivity contribution in [2.24, 2.45) is 11.7 Å². The number of carbonyl (C=O) groups excluding carboxylic acids is 4. The lowest BCUT2D eigenvalue weighted by Crippen LogP contribution is -2.55. The van der Waals surface area contributed by atoms with E-state index >= 15 is 4.39 Å². The van der Waals surface area contributed by atoms with Gasteiger partial charge in [-0.2, -0.15) is 0 Å². The summed E-state index contributed by atoms with van der Waals surface area (Å²) in [7, 11) is 1.60. The minimum Gasteiger partial charge on any atom is -0.458 e. The van der Waals surface area contributed by atoms with E-state index in [1.54, 1.807) is 40.9 Å². The Morgan fingerprint density at radius 3 is 2.37 bits per heavy atom. The summed E-state index contributed by atoms with van der Waals surface area (Å²) in [6, 6.07) is 0.385. The molecule has 0 saturated carbocycles. The van der Waals surface area contributed by atoms with Crippen molar-refractivity contribution in [2.45, 2.75) is 110 Å². The van der Waals surface area contributed by atoms with Crippen LogP contribution in [0.3, 0.4) is 0 Å². The molecule has 1 aliphatic carbocycles. The van der Waals surface area contributed by atoms with Gasteiger partial charge in [0.15, 0.2) is 5.60 Å². The van der Waals surface area contributed by atoms with Crippen LogP contribution in [0, 0.1) is 18.7 Å². The molecule has 0 bridgehead atoms. The number of nitrogens with zero attached hydrogens (tertiary/aromatic N) is 2. The molecule has 2 aromatic heterocycles. The summed E-state index contributed by atoms with van der Waals surface area (Å²) in [5.41, 5.74) is 7.28. The van der Waals surface area contributed by atoms with Gasteiger partial charge in [0.1, 0.15) is 24.5 Å². The number of hydrogen-bond donors (Lipinski definition) is 5. The Balaban J connectivity index is 1.20. The number of amides is 3. The smallest absolute Gasteiger partial charge is 0.343 e. The van der Waals surface area contributed by atoms with E-state index in [1.807, 2.05) is 0 Å². The zero-order valence-corrected chi connectivity index (χ0v) is 36.9. The maximum atomic E-state index is 15.5. The molecule has 18 heteroatoms. The van der Waals surface area contributed by atoms with Crippen LogP contribution < -0.4 is 27.2 Å². The van der Waals surface area contributed by atoms with Gasteiger partial charge in [-0.1, -0.05) is 20.8 Å². The van der Waals surface area contributed by atoms with E-state index in [-0.39, 0.29) is 68.6 Å². The number of halogens is 1. The fraction of sp³-hybridized carbons (Fsp3) is 0.600. The molecule has 6 rings (SSSR count). The Bertz CT molecular complexity index is 2250. The fourth-order valence-corrected chi connectivity index (χ4v) is 8.62. The summed E-state index contributed by atoms with van der Waals surface area (Å²) in [5.74, 6) is -2.96. The number of hydrogen-bond acceptors (Lipinski definition) is 13. The topological polar surface area (TPSA) is 232 Å². The summed E-state index contributed by atoms with van der Waals surface area (Å²) in [6.45, 7) is 9.66. The molecule has 344 valence electrons. The summed E-state index contributed by atoms with van der Waals surface area (Å²) in [6.07, 6.45) is 2.22. The number of methoxy groups -OCH3 is 1. The highest BCUT2D eigenvalue weighted by atomic mass is 19.1. The predicted octanol–water partition coefficient (Wildman–Crippen LogP) is 2.47. The van der Waals surface area contributed by atoms with Crippen molar-refractivity contribution < 1.29 is 52.4 Å². The molecule has 1 aromatic carbocycles. The van der Waals surface area contributed by atoms with Gasteiger partial charge in [-0.15, -0.1) is 0 Å². The molecule has 0 spiro atoms.